The van der Waals surface area contributed by atoms with Crippen molar-refractivity contribution in [2.45, 2.75) is 58.2 Å². The minimum absolute atomic E-state index is 0.243. The van der Waals surface area contributed by atoms with Crippen molar-refractivity contribution in [3.63, 3.8) is 0 Å². The third-order valence-electron chi connectivity index (χ3n) is 7.61. The first kappa shape index (κ1) is 26.2. The lowest BCUT2D eigenvalue weighted by Crippen LogP contribution is -2.40. The molecule has 3 aromatic rings. The third kappa shape index (κ3) is 4.88. The first-order valence-corrected chi connectivity index (χ1v) is 13.9. The van der Waals surface area contributed by atoms with Crippen LogP contribution in [0.25, 0.3) is 11.1 Å². The Morgan fingerprint density at radius 3 is 2.67 bits per heavy atom. The van der Waals surface area contributed by atoms with Gasteiger partial charge in [0.2, 0.25) is 0 Å². The van der Waals surface area contributed by atoms with Crippen LogP contribution in [-0.4, -0.2) is 69.1 Å². The maximum absolute atomic E-state index is 13.1. The number of aryl methyl sites for hydroxylation is 1. The van der Waals surface area contributed by atoms with E-state index in [1.165, 1.54) is 0 Å². The lowest BCUT2D eigenvalue weighted by molar-refractivity contribution is 0.0221. The molecule has 1 saturated heterocycles. The lowest BCUT2D eigenvalue weighted by Gasteiger charge is -2.33. The zero-order valence-electron chi connectivity index (χ0n) is 23.5. The van der Waals surface area contributed by atoms with Gasteiger partial charge in [-0.05, 0) is 45.7 Å². The predicted octanol–water partition coefficient (Wildman–Crippen LogP) is 4.33. The molecule has 40 heavy (non-hydrogen) atoms. The fourth-order valence-corrected chi connectivity index (χ4v) is 5.73. The van der Waals surface area contributed by atoms with E-state index in [1.54, 1.807) is 15.8 Å². The zero-order valence-corrected chi connectivity index (χ0v) is 23.5. The van der Waals surface area contributed by atoms with Crippen molar-refractivity contribution in [1.29, 1.82) is 5.26 Å². The Labute approximate surface area is 233 Å². The van der Waals surface area contributed by atoms with Crippen LogP contribution in [0.3, 0.4) is 0 Å². The standard InChI is InChI=1S/C29H35N7O4/c1-29(2,3)40-28(37)34-8-5-24-23(18-34)27(32-36(24)21-6-10-38-11-7-21)35-9-12-39-26-14-22(19(15-30)13-25(26)35)20-16-31-33(4)17-20/h13-14,16-17,21H,5-12,18H2,1-4H3. The molecule has 1 fully saturated rings. The number of amides is 1. The Balaban J connectivity index is 1.42. The van der Waals surface area contributed by atoms with Gasteiger partial charge in [0.15, 0.2) is 5.82 Å². The van der Waals surface area contributed by atoms with Crippen LogP contribution in [0.1, 0.15) is 56.5 Å². The number of anilines is 2. The van der Waals surface area contributed by atoms with Gasteiger partial charge in [-0.15, -0.1) is 0 Å². The van der Waals surface area contributed by atoms with Crippen LogP contribution < -0.4 is 9.64 Å². The van der Waals surface area contributed by atoms with E-state index in [4.69, 9.17) is 19.3 Å². The van der Waals surface area contributed by atoms with E-state index >= 15 is 0 Å². The Morgan fingerprint density at radius 1 is 1.18 bits per heavy atom. The fraction of sp³-hybridized carbons (Fsp3) is 0.517. The van der Waals surface area contributed by atoms with Crippen LogP contribution in [0, 0.1) is 11.3 Å². The Kier molecular flexibility index (Phi) is 6.66. The van der Waals surface area contributed by atoms with Gasteiger partial charge in [0.25, 0.3) is 0 Å². The van der Waals surface area contributed by atoms with Gasteiger partial charge < -0.3 is 24.0 Å². The van der Waals surface area contributed by atoms with Crippen molar-refractivity contribution in [2.75, 3.05) is 37.8 Å². The molecule has 1 aromatic carbocycles. The number of benzene rings is 1. The molecule has 2 aromatic heterocycles. The first-order valence-electron chi connectivity index (χ1n) is 13.9. The van der Waals surface area contributed by atoms with Gasteiger partial charge in [0.1, 0.15) is 18.0 Å². The fourth-order valence-electron chi connectivity index (χ4n) is 5.73. The van der Waals surface area contributed by atoms with Crippen LogP contribution in [0.4, 0.5) is 16.3 Å². The normalized spacial score (nSPS) is 17.6. The Morgan fingerprint density at radius 2 is 1.98 bits per heavy atom. The molecule has 3 aliphatic heterocycles. The lowest BCUT2D eigenvalue weighted by atomic mass is 10.00. The summed E-state index contributed by atoms with van der Waals surface area (Å²) in [5, 5.41) is 19.5. The summed E-state index contributed by atoms with van der Waals surface area (Å²) >= 11 is 0. The van der Waals surface area contributed by atoms with E-state index in [-0.39, 0.29) is 12.1 Å². The zero-order chi connectivity index (χ0) is 28.0. The summed E-state index contributed by atoms with van der Waals surface area (Å²) in [6.07, 6.45) is 5.81. The van der Waals surface area contributed by atoms with Crippen molar-refractivity contribution in [2.24, 2.45) is 7.05 Å². The average molecular weight is 546 g/mol. The molecule has 210 valence electrons. The molecule has 6 rings (SSSR count). The molecule has 0 atom stereocenters. The quantitative estimate of drug-likeness (QED) is 0.478. The highest BCUT2D eigenvalue weighted by atomic mass is 16.6. The van der Waals surface area contributed by atoms with Crippen LogP contribution in [0.2, 0.25) is 0 Å². The summed E-state index contributed by atoms with van der Waals surface area (Å²) in [6.45, 7) is 9.10. The molecule has 11 nitrogen and oxygen atoms in total. The van der Waals surface area contributed by atoms with Crippen LogP contribution in [0.15, 0.2) is 24.5 Å². The third-order valence-corrected chi connectivity index (χ3v) is 7.61. The van der Waals surface area contributed by atoms with Crippen LogP contribution in [-0.2, 0) is 29.5 Å². The highest BCUT2D eigenvalue weighted by Crippen LogP contribution is 2.44. The van der Waals surface area contributed by atoms with Gasteiger partial charge in [-0.3, -0.25) is 9.36 Å². The number of fused-ring (bicyclic) bond motifs is 2. The Bertz CT molecular complexity index is 1470. The van der Waals surface area contributed by atoms with E-state index in [0.29, 0.717) is 57.2 Å². The van der Waals surface area contributed by atoms with E-state index in [1.807, 2.05) is 46.1 Å². The number of carbonyl (C=O) groups is 1. The number of ether oxygens (including phenoxy) is 3. The van der Waals surface area contributed by atoms with E-state index in [9.17, 15) is 10.1 Å². The van der Waals surface area contributed by atoms with Gasteiger partial charge in [0, 0.05) is 61.8 Å². The summed E-state index contributed by atoms with van der Waals surface area (Å²) < 4.78 is 21.3. The minimum Gasteiger partial charge on any atom is -0.490 e. The molecular weight excluding hydrogens is 510 g/mol. The van der Waals surface area contributed by atoms with E-state index in [2.05, 4.69) is 20.7 Å². The summed E-state index contributed by atoms with van der Waals surface area (Å²) in [4.78, 5) is 17.0. The highest BCUT2D eigenvalue weighted by Gasteiger charge is 2.35. The second kappa shape index (κ2) is 10.2. The summed E-state index contributed by atoms with van der Waals surface area (Å²) in [7, 11) is 1.85. The molecule has 1 amide bonds. The monoisotopic (exact) mass is 545 g/mol. The van der Waals surface area contributed by atoms with Crippen molar-refractivity contribution in [1.82, 2.24) is 24.5 Å². The van der Waals surface area contributed by atoms with Crippen molar-refractivity contribution >= 4 is 17.6 Å². The summed E-state index contributed by atoms with van der Waals surface area (Å²) in [5.41, 5.74) is 4.57. The minimum atomic E-state index is -0.574. The van der Waals surface area contributed by atoms with Crippen molar-refractivity contribution < 1.29 is 19.0 Å². The SMILES string of the molecule is Cn1cc(-c2cc3c(cc2C#N)N(c2nn(C4CCOCC4)c4c2CN(C(=O)OC(C)(C)C)CC4)CCO3)cn1. The van der Waals surface area contributed by atoms with E-state index in [0.717, 1.165) is 46.7 Å². The van der Waals surface area contributed by atoms with Gasteiger partial charge in [-0.2, -0.15) is 15.5 Å². The highest BCUT2D eigenvalue weighted by molar-refractivity contribution is 5.81. The molecule has 0 bridgehead atoms. The maximum Gasteiger partial charge on any atom is 0.410 e. The molecule has 0 spiro atoms. The summed E-state index contributed by atoms with van der Waals surface area (Å²) in [5.74, 6) is 1.50. The molecule has 11 heteroatoms. The number of aromatic nitrogens is 4. The molecule has 0 N–H and O–H groups in total. The number of rotatable bonds is 3. The first-order chi connectivity index (χ1) is 19.2. The molecule has 0 saturated carbocycles. The van der Waals surface area contributed by atoms with E-state index < -0.39 is 5.60 Å². The molecule has 0 radical (unpaired) electrons. The molecular formula is C29H35N7O4. The molecule has 5 heterocycles. The maximum atomic E-state index is 13.1. The number of hydrogen-bond acceptors (Lipinski definition) is 8. The molecule has 0 unspecified atom stereocenters. The topological polar surface area (TPSA) is 111 Å². The summed E-state index contributed by atoms with van der Waals surface area (Å²) in [6, 6.07) is 6.41. The van der Waals surface area contributed by atoms with Gasteiger partial charge in [-0.25, -0.2) is 4.79 Å². The molecule has 3 aliphatic rings. The van der Waals surface area contributed by atoms with Gasteiger partial charge >= 0.3 is 6.09 Å². The number of nitrogens with zero attached hydrogens (tertiary/aromatic N) is 7. The Hall–Kier alpha value is -4.04. The molecule has 0 aliphatic carbocycles. The number of hydrogen-bond donors (Lipinski definition) is 0. The van der Waals surface area contributed by atoms with Crippen LogP contribution in [0.5, 0.6) is 5.75 Å². The van der Waals surface area contributed by atoms with Gasteiger partial charge in [-0.1, -0.05) is 0 Å². The predicted molar refractivity (Wildman–Crippen MR) is 148 cm³/mol. The van der Waals surface area contributed by atoms with Crippen molar-refractivity contribution in [3.05, 3.63) is 41.3 Å². The smallest absolute Gasteiger partial charge is 0.410 e. The number of nitriles is 1. The largest absolute Gasteiger partial charge is 0.490 e. The second-order valence-electron chi connectivity index (χ2n) is 11.6. The van der Waals surface area contributed by atoms with Gasteiger partial charge in [0.05, 0.1) is 42.6 Å². The number of carbonyl (C=O) groups excluding carboxylic acids is 1. The van der Waals surface area contributed by atoms with Crippen molar-refractivity contribution in [3.8, 4) is 22.9 Å². The average Bonchev–Trinajstić information content (AvgIpc) is 3.55. The second-order valence-corrected chi connectivity index (χ2v) is 11.6. The van der Waals surface area contributed by atoms with Crippen LogP contribution >= 0.6 is 0 Å².